The van der Waals surface area contributed by atoms with E-state index in [9.17, 15) is 22.4 Å². The molecule has 1 atom stereocenters. The van der Waals surface area contributed by atoms with Crippen molar-refractivity contribution in [3.8, 4) is 0 Å². The number of likely N-dealkylation sites (N-methyl/N-ethyl adjacent to an activating group) is 1. The number of benzene rings is 2. The van der Waals surface area contributed by atoms with Crippen molar-refractivity contribution in [2.24, 2.45) is 5.92 Å². The fourth-order valence-electron chi connectivity index (χ4n) is 4.55. The molecular weight excluding hydrogens is 445 g/mol. The normalized spacial score (nSPS) is 20.6. The van der Waals surface area contributed by atoms with Crippen LogP contribution in [0.2, 0.25) is 0 Å². The molecule has 2 heterocycles. The summed E-state index contributed by atoms with van der Waals surface area (Å²) >= 11 is 0. The number of anilines is 2. The summed E-state index contributed by atoms with van der Waals surface area (Å²) in [7, 11) is -2.18. The van der Waals surface area contributed by atoms with E-state index in [1.54, 1.807) is 57.0 Å². The summed E-state index contributed by atoms with van der Waals surface area (Å²) in [4.78, 5) is 27.0. The molecule has 2 aliphatic heterocycles. The number of aryl methyl sites for hydroxylation is 1. The molecule has 0 bridgehead atoms. The second kappa shape index (κ2) is 8.22. The third-order valence-corrected chi connectivity index (χ3v) is 8.54. The van der Waals surface area contributed by atoms with Crippen molar-refractivity contribution in [3.05, 3.63) is 53.3 Å². The van der Waals surface area contributed by atoms with Crippen LogP contribution in [0.25, 0.3) is 0 Å². The number of rotatable bonds is 4. The van der Waals surface area contributed by atoms with Gasteiger partial charge in [-0.1, -0.05) is 6.07 Å². The lowest BCUT2D eigenvalue weighted by molar-refractivity contribution is -0.122. The van der Waals surface area contributed by atoms with Gasteiger partial charge in [0.05, 0.1) is 16.2 Å². The molecule has 2 aromatic rings. The highest BCUT2D eigenvalue weighted by Crippen LogP contribution is 2.42. The minimum absolute atomic E-state index is 0.0435. The van der Waals surface area contributed by atoms with Crippen LogP contribution in [-0.2, 0) is 25.0 Å². The van der Waals surface area contributed by atoms with Gasteiger partial charge in [0.2, 0.25) is 21.8 Å². The zero-order valence-corrected chi connectivity index (χ0v) is 20.0. The number of nitrogens with one attached hydrogen (secondary N) is 1. The molecular formula is C24H28FN3O4S. The maximum Gasteiger partial charge on any atom is 0.243 e. The van der Waals surface area contributed by atoms with E-state index in [0.717, 1.165) is 0 Å². The highest BCUT2D eigenvalue weighted by atomic mass is 32.2. The number of amides is 2. The number of hydrogen-bond donors (Lipinski definition) is 1. The summed E-state index contributed by atoms with van der Waals surface area (Å²) in [5, 5.41) is 2.70. The Kier molecular flexibility index (Phi) is 5.82. The summed E-state index contributed by atoms with van der Waals surface area (Å²) in [5.41, 5.74) is 1.38. The van der Waals surface area contributed by atoms with E-state index in [4.69, 9.17) is 0 Å². The first-order valence-electron chi connectivity index (χ1n) is 10.9. The van der Waals surface area contributed by atoms with Gasteiger partial charge in [0.25, 0.3) is 0 Å². The van der Waals surface area contributed by atoms with Crippen molar-refractivity contribution in [2.45, 2.75) is 43.9 Å². The van der Waals surface area contributed by atoms with E-state index in [-0.39, 0.29) is 23.3 Å². The molecule has 7 nitrogen and oxygen atoms in total. The first-order valence-corrected chi connectivity index (χ1v) is 12.4. The van der Waals surface area contributed by atoms with Crippen LogP contribution in [0.4, 0.5) is 15.8 Å². The number of halogens is 1. The van der Waals surface area contributed by atoms with E-state index in [0.29, 0.717) is 41.9 Å². The molecule has 1 N–H and O–H groups in total. The predicted molar refractivity (Wildman–Crippen MR) is 124 cm³/mol. The molecule has 1 fully saturated rings. The second-order valence-electron chi connectivity index (χ2n) is 9.32. The zero-order valence-electron chi connectivity index (χ0n) is 19.2. The molecule has 2 aromatic carbocycles. The van der Waals surface area contributed by atoms with Crippen molar-refractivity contribution in [2.75, 3.05) is 30.4 Å². The number of carbonyl (C=O) groups is 2. The Morgan fingerprint density at radius 2 is 1.91 bits per heavy atom. The van der Waals surface area contributed by atoms with Gasteiger partial charge in [-0.2, -0.15) is 4.31 Å². The average molecular weight is 474 g/mol. The smallest absolute Gasteiger partial charge is 0.243 e. The lowest BCUT2D eigenvalue weighted by atomic mass is 9.86. The molecule has 176 valence electrons. The van der Waals surface area contributed by atoms with Gasteiger partial charge in [0.15, 0.2) is 0 Å². The van der Waals surface area contributed by atoms with Crippen molar-refractivity contribution < 1.29 is 22.4 Å². The fourth-order valence-corrected chi connectivity index (χ4v) is 6.10. The van der Waals surface area contributed by atoms with Crippen LogP contribution in [0, 0.1) is 18.7 Å². The maximum atomic E-state index is 13.8. The second-order valence-corrected chi connectivity index (χ2v) is 11.3. The van der Waals surface area contributed by atoms with E-state index in [1.165, 1.54) is 16.4 Å². The summed E-state index contributed by atoms with van der Waals surface area (Å²) in [5.74, 6) is -1.38. The molecule has 0 saturated carbocycles. The monoisotopic (exact) mass is 473 g/mol. The largest absolute Gasteiger partial charge is 0.326 e. The van der Waals surface area contributed by atoms with Crippen LogP contribution < -0.4 is 10.2 Å². The lowest BCUT2D eigenvalue weighted by Gasteiger charge is -2.31. The molecule has 0 aliphatic carbocycles. The number of piperidine rings is 1. The molecule has 2 aliphatic rings. The molecule has 0 aromatic heterocycles. The van der Waals surface area contributed by atoms with Crippen LogP contribution in [0.15, 0.2) is 41.3 Å². The van der Waals surface area contributed by atoms with E-state index < -0.39 is 27.2 Å². The maximum absolute atomic E-state index is 13.8. The highest BCUT2D eigenvalue weighted by molar-refractivity contribution is 7.89. The average Bonchev–Trinajstić information content (AvgIpc) is 2.96. The Morgan fingerprint density at radius 3 is 2.61 bits per heavy atom. The molecule has 33 heavy (non-hydrogen) atoms. The van der Waals surface area contributed by atoms with Gasteiger partial charge in [-0.15, -0.1) is 0 Å². The lowest BCUT2D eigenvalue weighted by Crippen LogP contribution is -2.43. The standard InChI is InChI=1S/C24H28FN3O4S/c1-15-7-8-17(12-20(15)25)26-22(29)16-6-5-11-28(14-16)33(31,32)18-9-10-21-19(13-18)24(2,3)23(30)27(21)4/h7-10,12-13,16H,5-6,11,14H2,1-4H3,(H,26,29). The summed E-state index contributed by atoms with van der Waals surface area (Å²) < 4.78 is 42.0. The number of carbonyl (C=O) groups excluding carboxylic acids is 2. The fraction of sp³-hybridized carbons (Fsp3) is 0.417. The quantitative estimate of drug-likeness (QED) is 0.737. The van der Waals surface area contributed by atoms with Crippen LogP contribution in [0.3, 0.4) is 0 Å². The number of nitrogens with zero attached hydrogens (tertiary/aromatic N) is 2. The Labute approximate surface area is 193 Å². The van der Waals surface area contributed by atoms with Gasteiger partial charge in [-0.3, -0.25) is 9.59 Å². The predicted octanol–water partition coefficient (Wildman–Crippen LogP) is 3.43. The molecule has 1 unspecified atom stereocenters. The van der Waals surface area contributed by atoms with E-state index >= 15 is 0 Å². The van der Waals surface area contributed by atoms with E-state index in [1.807, 2.05) is 0 Å². The summed E-state index contributed by atoms with van der Waals surface area (Å²) in [6, 6.07) is 9.21. The third kappa shape index (κ3) is 4.04. The Hall–Kier alpha value is -2.78. The van der Waals surface area contributed by atoms with Gasteiger partial charge >= 0.3 is 0 Å². The van der Waals surface area contributed by atoms with Crippen molar-refractivity contribution in [1.82, 2.24) is 4.31 Å². The number of fused-ring (bicyclic) bond motifs is 1. The van der Waals surface area contributed by atoms with Crippen LogP contribution >= 0.6 is 0 Å². The minimum Gasteiger partial charge on any atom is -0.326 e. The zero-order chi connectivity index (χ0) is 24.1. The Bertz CT molecular complexity index is 1240. The van der Waals surface area contributed by atoms with Crippen LogP contribution in [-0.4, -0.2) is 44.7 Å². The highest BCUT2D eigenvalue weighted by Gasteiger charge is 2.43. The molecule has 0 radical (unpaired) electrons. The first-order chi connectivity index (χ1) is 15.4. The summed E-state index contributed by atoms with van der Waals surface area (Å²) in [6.45, 7) is 5.55. The van der Waals surface area contributed by atoms with Gasteiger partial charge in [-0.05, 0) is 75.1 Å². The topological polar surface area (TPSA) is 86.8 Å². The van der Waals surface area contributed by atoms with Crippen molar-refractivity contribution in [3.63, 3.8) is 0 Å². The van der Waals surface area contributed by atoms with Crippen molar-refractivity contribution in [1.29, 1.82) is 0 Å². The van der Waals surface area contributed by atoms with Crippen LogP contribution in [0.1, 0.15) is 37.8 Å². The minimum atomic E-state index is -3.86. The Morgan fingerprint density at radius 1 is 1.18 bits per heavy atom. The van der Waals surface area contributed by atoms with Gasteiger partial charge in [0.1, 0.15) is 5.82 Å². The van der Waals surface area contributed by atoms with Gasteiger partial charge in [0, 0.05) is 31.5 Å². The molecule has 4 rings (SSSR count). The molecule has 9 heteroatoms. The SMILES string of the molecule is Cc1ccc(NC(=O)C2CCCN(S(=O)(=O)c3ccc4c(c3)C(C)(C)C(=O)N4C)C2)cc1F. The molecule has 0 spiro atoms. The third-order valence-electron chi connectivity index (χ3n) is 6.67. The summed E-state index contributed by atoms with van der Waals surface area (Å²) in [6.07, 6.45) is 1.08. The van der Waals surface area contributed by atoms with Crippen molar-refractivity contribution >= 4 is 33.2 Å². The van der Waals surface area contributed by atoms with Gasteiger partial charge < -0.3 is 10.2 Å². The van der Waals surface area contributed by atoms with Crippen LogP contribution in [0.5, 0.6) is 0 Å². The van der Waals surface area contributed by atoms with Gasteiger partial charge in [-0.25, -0.2) is 12.8 Å². The Balaban J connectivity index is 1.54. The molecule has 1 saturated heterocycles. The molecule has 2 amide bonds. The van der Waals surface area contributed by atoms with E-state index in [2.05, 4.69) is 5.32 Å². The number of sulfonamides is 1. The first kappa shape index (κ1) is 23.4. The number of hydrogen-bond acceptors (Lipinski definition) is 4.